The number of anilines is 1. The van der Waals surface area contributed by atoms with Gasteiger partial charge in [0, 0.05) is 18.2 Å². The van der Waals surface area contributed by atoms with E-state index in [0.29, 0.717) is 13.0 Å². The molecule has 1 aliphatic carbocycles. The standard InChI is InChI=1S/C19H26N2O2/c1-13-10-14(2)12-16(11-13)21-9-8-17(19(21)23)20-18(22)15-6-4-3-5-7-15/h10-12,15,17H,3-9H2,1-2H3,(H,20,22). The van der Waals surface area contributed by atoms with E-state index in [2.05, 4.69) is 11.4 Å². The smallest absolute Gasteiger partial charge is 0.249 e. The summed E-state index contributed by atoms with van der Waals surface area (Å²) in [5, 5.41) is 3.00. The number of nitrogens with one attached hydrogen (secondary N) is 1. The Kier molecular flexibility index (Phi) is 4.69. The van der Waals surface area contributed by atoms with Crippen LogP contribution in [0.3, 0.4) is 0 Å². The maximum Gasteiger partial charge on any atom is 0.249 e. The Morgan fingerprint density at radius 3 is 2.35 bits per heavy atom. The first-order valence-electron chi connectivity index (χ1n) is 8.74. The highest BCUT2D eigenvalue weighted by atomic mass is 16.2. The van der Waals surface area contributed by atoms with Crippen molar-refractivity contribution in [3.63, 3.8) is 0 Å². The van der Waals surface area contributed by atoms with E-state index in [1.807, 2.05) is 30.9 Å². The minimum absolute atomic E-state index is 0.0270. The van der Waals surface area contributed by atoms with E-state index in [1.165, 1.54) is 6.42 Å². The van der Waals surface area contributed by atoms with Crippen LogP contribution >= 0.6 is 0 Å². The van der Waals surface area contributed by atoms with Crippen LogP contribution in [0.15, 0.2) is 18.2 Å². The van der Waals surface area contributed by atoms with Gasteiger partial charge in [-0.3, -0.25) is 9.59 Å². The van der Waals surface area contributed by atoms with Gasteiger partial charge in [0.15, 0.2) is 0 Å². The highest BCUT2D eigenvalue weighted by Crippen LogP contribution is 2.26. The van der Waals surface area contributed by atoms with Crippen molar-refractivity contribution in [2.45, 2.75) is 58.4 Å². The zero-order valence-electron chi connectivity index (χ0n) is 14.1. The van der Waals surface area contributed by atoms with Crippen LogP contribution in [0.5, 0.6) is 0 Å². The van der Waals surface area contributed by atoms with E-state index in [4.69, 9.17) is 0 Å². The predicted molar refractivity (Wildman–Crippen MR) is 91.4 cm³/mol. The third-order valence-corrected chi connectivity index (χ3v) is 5.02. The molecule has 2 aliphatic rings. The quantitative estimate of drug-likeness (QED) is 0.932. The summed E-state index contributed by atoms with van der Waals surface area (Å²) in [7, 11) is 0. The first-order valence-corrected chi connectivity index (χ1v) is 8.74. The minimum Gasteiger partial charge on any atom is -0.344 e. The molecule has 1 saturated heterocycles. The molecule has 0 bridgehead atoms. The molecule has 124 valence electrons. The van der Waals surface area contributed by atoms with Crippen molar-refractivity contribution in [2.75, 3.05) is 11.4 Å². The summed E-state index contributed by atoms with van der Waals surface area (Å²) >= 11 is 0. The summed E-state index contributed by atoms with van der Waals surface area (Å²) in [5.41, 5.74) is 3.26. The van der Waals surface area contributed by atoms with Crippen LogP contribution in [-0.4, -0.2) is 24.4 Å². The molecule has 1 N–H and O–H groups in total. The van der Waals surface area contributed by atoms with Gasteiger partial charge in [-0.2, -0.15) is 0 Å². The fourth-order valence-electron chi connectivity index (χ4n) is 3.83. The number of benzene rings is 1. The van der Waals surface area contributed by atoms with Crippen molar-refractivity contribution in [2.24, 2.45) is 5.92 Å². The molecule has 2 fully saturated rings. The molecule has 4 nitrogen and oxygen atoms in total. The molecule has 1 unspecified atom stereocenters. The highest BCUT2D eigenvalue weighted by molar-refractivity contribution is 6.01. The fraction of sp³-hybridized carbons (Fsp3) is 0.579. The summed E-state index contributed by atoms with van der Waals surface area (Å²) in [5.74, 6) is 0.205. The first-order chi connectivity index (χ1) is 11.0. The lowest BCUT2D eigenvalue weighted by atomic mass is 9.88. The van der Waals surface area contributed by atoms with Gasteiger partial charge in [-0.05, 0) is 56.4 Å². The van der Waals surface area contributed by atoms with Gasteiger partial charge in [0.1, 0.15) is 6.04 Å². The van der Waals surface area contributed by atoms with Crippen LogP contribution in [0.4, 0.5) is 5.69 Å². The first kappa shape index (κ1) is 16.0. The second kappa shape index (κ2) is 6.73. The van der Waals surface area contributed by atoms with Crippen molar-refractivity contribution >= 4 is 17.5 Å². The number of rotatable bonds is 3. The number of nitrogens with zero attached hydrogens (tertiary/aromatic N) is 1. The van der Waals surface area contributed by atoms with Crippen molar-refractivity contribution < 1.29 is 9.59 Å². The van der Waals surface area contributed by atoms with E-state index >= 15 is 0 Å². The Morgan fingerprint density at radius 2 is 1.70 bits per heavy atom. The van der Waals surface area contributed by atoms with Crippen molar-refractivity contribution in [1.82, 2.24) is 5.32 Å². The number of carbonyl (C=O) groups excluding carboxylic acids is 2. The largest absolute Gasteiger partial charge is 0.344 e. The van der Waals surface area contributed by atoms with E-state index in [0.717, 1.165) is 42.5 Å². The average Bonchev–Trinajstić information content (AvgIpc) is 2.88. The molecule has 1 heterocycles. The summed E-state index contributed by atoms with van der Waals surface area (Å²) in [6.45, 7) is 4.76. The Labute approximate surface area is 138 Å². The lowest BCUT2D eigenvalue weighted by molar-refractivity contribution is -0.129. The molecular formula is C19H26N2O2. The molecule has 1 aromatic rings. The molecule has 1 saturated carbocycles. The van der Waals surface area contributed by atoms with E-state index in [9.17, 15) is 9.59 Å². The monoisotopic (exact) mass is 314 g/mol. The van der Waals surface area contributed by atoms with Gasteiger partial charge in [-0.1, -0.05) is 25.3 Å². The normalized spacial score (nSPS) is 22.4. The average molecular weight is 314 g/mol. The Morgan fingerprint density at radius 1 is 1.04 bits per heavy atom. The molecule has 1 aromatic carbocycles. The Bertz CT molecular complexity index is 585. The van der Waals surface area contributed by atoms with E-state index in [1.54, 1.807) is 0 Å². The maximum absolute atomic E-state index is 12.7. The number of carbonyl (C=O) groups is 2. The van der Waals surface area contributed by atoms with Gasteiger partial charge in [-0.15, -0.1) is 0 Å². The highest BCUT2D eigenvalue weighted by Gasteiger charge is 2.35. The maximum atomic E-state index is 12.7. The van der Waals surface area contributed by atoms with Crippen LogP contribution in [-0.2, 0) is 9.59 Å². The van der Waals surface area contributed by atoms with Crippen molar-refractivity contribution in [3.8, 4) is 0 Å². The number of hydrogen-bond donors (Lipinski definition) is 1. The molecule has 23 heavy (non-hydrogen) atoms. The van der Waals surface area contributed by atoms with Gasteiger partial charge in [0.25, 0.3) is 0 Å². The summed E-state index contributed by atoms with van der Waals surface area (Å²) in [4.78, 5) is 26.8. The zero-order valence-corrected chi connectivity index (χ0v) is 14.1. The number of amides is 2. The number of aryl methyl sites for hydroxylation is 2. The second-order valence-electron chi connectivity index (χ2n) is 7.02. The molecule has 3 rings (SSSR count). The van der Waals surface area contributed by atoms with E-state index < -0.39 is 0 Å². The van der Waals surface area contributed by atoms with Crippen LogP contribution in [0.2, 0.25) is 0 Å². The second-order valence-corrected chi connectivity index (χ2v) is 7.02. The lowest BCUT2D eigenvalue weighted by Gasteiger charge is -2.23. The topological polar surface area (TPSA) is 49.4 Å². The molecule has 0 spiro atoms. The molecule has 2 amide bonds. The third kappa shape index (κ3) is 3.57. The van der Waals surface area contributed by atoms with Gasteiger partial charge >= 0.3 is 0 Å². The van der Waals surface area contributed by atoms with Crippen LogP contribution in [0, 0.1) is 19.8 Å². The molecule has 1 atom stereocenters. The molecule has 0 radical (unpaired) electrons. The fourth-order valence-corrected chi connectivity index (χ4v) is 3.83. The van der Waals surface area contributed by atoms with Gasteiger partial charge in [0.05, 0.1) is 0 Å². The minimum atomic E-state index is -0.356. The van der Waals surface area contributed by atoms with Crippen LogP contribution in [0.1, 0.15) is 49.7 Å². The van der Waals surface area contributed by atoms with E-state index in [-0.39, 0.29) is 23.8 Å². The summed E-state index contributed by atoms with van der Waals surface area (Å²) in [6.07, 6.45) is 6.12. The van der Waals surface area contributed by atoms with Crippen LogP contribution < -0.4 is 10.2 Å². The molecule has 1 aliphatic heterocycles. The summed E-state index contributed by atoms with van der Waals surface area (Å²) < 4.78 is 0. The predicted octanol–water partition coefficient (Wildman–Crippen LogP) is 3.11. The van der Waals surface area contributed by atoms with Crippen molar-refractivity contribution in [1.29, 1.82) is 0 Å². The molecule has 4 heteroatoms. The van der Waals surface area contributed by atoms with Crippen molar-refractivity contribution in [3.05, 3.63) is 29.3 Å². The third-order valence-electron chi connectivity index (χ3n) is 5.02. The molecule has 0 aromatic heterocycles. The van der Waals surface area contributed by atoms with Gasteiger partial charge < -0.3 is 10.2 Å². The van der Waals surface area contributed by atoms with Crippen LogP contribution in [0.25, 0.3) is 0 Å². The zero-order chi connectivity index (χ0) is 16.4. The Balaban J connectivity index is 1.65. The van der Waals surface area contributed by atoms with Gasteiger partial charge in [-0.25, -0.2) is 0 Å². The lowest BCUT2D eigenvalue weighted by Crippen LogP contribution is -2.44. The number of hydrogen-bond acceptors (Lipinski definition) is 2. The Hall–Kier alpha value is -1.84. The van der Waals surface area contributed by atoms with Gasteiger partial charge in [0.2, 0.25) is 11.8 Å². The summed E-state index contributed by atoms with van der Waals surface area (Å²) in [6, 6.07) is 5.82. The SMILES string of the molecule is Cc1cc(C)cc(N2CCC(NC(=O)C3CCCCC3)C2=O)c1. The molecular weight excluding hydrogens is 288 g/mol.